The Labute approximate surface area is 117 Å². The molecule has 0 unspecified atom stereocenters. The first-order valence-electron chi connectivity index (χ1n) is 6.60. The zero-order valence-corrected chi connectivity index (χ0v) is 11.5. The van der Waals surface area contributed by atoms with Crippen molar-refractivity contribution in [3.63, 3.8) is 0 Å². The van der Waals surface area contributed by atoms with Crippen LogP contribution < -0.4 is 5.32 Å². The van der Waals surface area contributed by atoms with Crippen molar-refractivity contribution < 1.29 is 9.66 Å². The van der Waals surface area contributed by atoms with Crippen LogP contribution in [0, 0.1) is 21.4 Å². The van der Waals surface area contributed by atoms with Gasteiger partial charge in [-0.2, -0.15) is 5.26 Å². The van der Waals surface area contributed by atoms with Gasteiger partial charge in [-0.25, -0.2) is 0 Å². The summed E-state index contributed by atoms with van der Waals surface area (Å²) in [6.07, 6.45) is 2.13. The molecule has 1 aromatic rings. The summed E-state index contributed by atoms with van der Waals surface area (Å²) in [5.41, 5.74) is 0.651. The summed E-state index contributed by atoms with van der Waals surface area (Å²) in [7, 11) is 0. The van der Waals surface area contributed by atoms with Crippen LogP contribution >= 0.6 is 0 Å². The number of nitriles is 1. The Kier molecular flexibility index (Phi) is 4.20. The molecule has 1 aliphatic rings. The van der Waals surface area contributed by atoms with Crippen LogP contribution in [-0.2, 0) is 4.74 Å². The molecule has 1 heterocycles. The lowest BCUT2D eigenvalue weighted by molar-refractivity contribution is -0.385. The zero-order chi connectivity index (χ0) is 14.7. The van der Waals surface area contributed by atoms with E-state index < -0.39 is 4.92 Å². The third-order valence-corrected chi connectivity index (χ3v) is 3.38. The van der Waals surface area contributed by atoms with Crippen molar-refractivity contribution >= 4 is 11.4 Å². The Bertz CT molecular complexity index is 543. The molecule has 0 saturated carbocycles. The summed E-state index contributed by atoms with van der Waals surface area (Å²) in [6, 6.07) is 6.66. The molecule has 6 heteroatoms. The lowest BCUT2D eigenvalue weighted by atomic mass is 9.99. The van der Waals surface area contributed by atoms with Gasteiger partial charge in [-0.3, -0.25) is 10.1 Å². The van der Waals surface area contributed by atoms with E-state index in [0.29, 0.717) is 0 Å². The molecule has 0 amide bonds. The van der Waals surface area contributed by atoms with Crippen molar-refractivity contribution in [2.24, 2.45) is 0 Å². The fourth-order valence-electron chi connectivity index (χ4n) is 2.63. The number of hydrogen-bond acceptors (Lipinski definition) is 5. The standard InChI is InChI=1S/C14H17N3O3/c1-9-5-13(6-10(2)20-9)16-12-3-4-14(17(18)19)11(7-12)8-15/h3-4,7,9-10,13,16H,5-6H2,1-2H3/t9-,10-/m0/s1. The van der Waals surface area contributed by atoms with Gasteiger partial charge in [0.1, 0.15) is 11.6 Å². The minimum Gasteiger partial charge on any atom is -0.382 e. The number of nitrogens with zero attached hydrogens (tertiary/aromatic N) is 2. The van der Waals surface area contributed by atoms with Gasteiger partial charge < -0.3 is 10.1 Å². The summed E-state index contributed by atoms with van der Waals surface area (Å²) in [5, 5.41) is 23.1. The topological polar surface area (TPSA) is 88.2 Å². The van der Waals surface area contributed by atoms with Crippen LogP contribution in [0.15, 0.2) is 18.2 Å². The van der Waals surface area contributed by atoms with Gasteiger partial charge in [0.2, 0.25) is 0 Å². The molecule has 0 aromatic heterocycles. The van der Waals surface area contributed by atoms with Crippen LogP contribution in [0.4, 0.5) is 11.4 Å². The quantitative estimate of drug-likeness (QED) is 0.676. The highest BCUT2D eigenvalue weighted by Gasteiger charge is 2.24. The molecule has 1 N–H and O–H groups in total. The van der Waals surface area contributed by atoms with Crippen LogP contribution in [-0.4, -0.2) is 23.2 Å². The summed E-state index contributed by atoms with van der Waals surface area (Å²) in [4.78, 5) is 10.2. The van der Waals surface area contributed by atoms with Crippen molar-refractivity contribution in [3.05, 3.63) is 33.9 Å². The second kappa shape index (κ2) is 5.88. The number of anilines is 1. The van der Waals surface area contributed by atoms with E-state index in [9.17, 15) is 10.1 Å². The molecule has 0 radical (unpaired) electrons. The number of benzene rings is 1. The van der Waals surface area contributed by atoms with E-state index in [4.69, 9.17) is 10.00 Å². The summed E-state index contributed by atoms with van der Waals surface area (Å²) < 4.78 is 5.67. The van der Waals surface area contributed by atoms with Gasteiger partial charge in [0, 0.05) is 17.8 Å². The van der Waals surface area contributed by atoms with Crippen LogP contribution in [0.3, 0.4) is 0 Å². The van der Waals surface area contributed by atoms with E-state index in [2.05, 4.69) is 5.32 Å². The molecule has 1 aliphatic heterocycles. The SMILES string of the molecule is C[C@H]1CC(Nc2ccc([N+](=O)[O-])c(C#N)c2)C[C@H](C)O1. The number of nitro benzene ring substituents is 1. The first kappa shape index (κ1) is 14.3. The molecular formula is C14H17N3O3. The molecule has 1 aromatic carbocycles. The molecule has 20 heavy (non-hydrogen) atoms. The molecular weight excluding hydrogens is 258 g/mol. The summed E-state index contributed by atoms with van der Waals surface area (Å²) in [6.45, 7) is 4.06. The van der Waals surface area contributed by atoms with Crippen LogP contribution in [0.25, 0.3) is 0 Å². The van der Waals surface area contributed by atoms with Gasteiger partial charge in [-0.05, 0) is 38.8 Å². The second-order valence-corrected chi connectivity index (χ2v) is 5.17. The van der Waals surface area contributed by atoms with Gasteiger partial charge in [0.05, 0.1) is 17.1 Å². The number of nitro groups is 1. The van der Waals surface area contributed by atoms with E-state index in [-0.39, 0.29) is 29.5 Å². The lowest BCUT2D eigenvalue weighted by Gasteiger charge is -2.33. The minimum absolute atomic E-state index is 0.0770. The maximum atomic E-state index is 10.8. The van der Waals surface area contributed by atoms with Crippen molar-refractivity contribution in [1.29, 1.82) is 5.26 Å². The van der Waals surface area contributed by atoms with Gasteiger partial charge in [0.25, 0.3) is 5.69 Å². The van der Waals surface area contributed by atoms with Crippen molar-refractivity contribution in [1.82, 2.24) is 0 Å². The molecule has 106 valence electrons. The third-order valence-electron chi connectivity index (χ3n) is 3.38. The fourth-order valence-corrected chi connectivity index (χ4v) is 2.63. The average molecular weight is 275 g/mol. The molecule has 1 fully saturated rings. The van der Waals surface area contributed by atoms with Crippen molar-refractivity contribution in [3.8, 4) is 6.07 Å². The van der Waals surface area contributed by atoms with Crippen molar-refractivity contribution in [2.75, 3.05) is 5.32 Å². The number of rotatable bonds is 3. The monoisotopic (exact) mass is 275 g/mol. The number of ether oxygens (including phenoxy) is 1. The Hall–Kier alpha value is -2.13. The fraction of sp³-hybridized carbons (Fsp3) is 0.500. The van der Waals surface area contributed by atoms with Gasteiger partial charge in [0.15, 0.2) is 0 Å². The largest absolute Gasteiger partial charge is 0.382 e. The Balaban J connectivity index is 2.14. The van der Waals surface area contributed by atoms with Gasteiger partial charge in [-0.15, -0.1) is 0 Å². The Morgan fingerprint density at radius 3 is 2.60 bits per heavy atom. The van der Waals surface area contributed by atoms with Crippen LogP contribution in [0.5, 0.6) is 0 Å². The predicted molar refractivity (Wildman–Crippen MR) is 74.5 cm³/mol. The van der Waals surface area contributed by atoms with E-state index >= 15 is 0 Å². The number of hydrogen-bond donors (Lipinski definition) is 1. The highest BCUT2D eigenvalue weighted by molar-refractivity contribution is 5.59. The van der Waals surface area contributed by atoms with E-state index in [1.165, 1.54) is 12.1 Å². The maximum absolute atomic E-state index is 10.8. The van der Waals surface area contributed by atoms with Gasteiger partial charge in [-0.1, -0.05) is 0 Å². The molecule has 2 atom stereocenters. The number of nitrogens with one attached hydrogen (secondary N) is 1. The minimum atomic E-state index is -0.541. The van der Waals surface area contributed by atoms with Gasteiger partial charge >= 0.3 is 0 Å². The molecule has 0 spiro atoms. The van der Waals surface area contributed by atoms with Crippen LogP contribution in [0.1, 0.15) is 32.3 Å². The first-order valence-corrected chi connectivity index (χ1v) is 6.60. The normalized spacial score (nSPS) is 25.8. The lowest BCUT2D eigenvalue weighted by Crippen LogP contribution is -2.36. The van der Waals surface area contributed by atoms with E-state index in [0.717, 1.165) is 18.5 Å². The third kappa shape index (κ3) is 3.25. The molecule has 0 aliphatic carbocycles. The highest BCUT2D eigenvalue weighted by Crippen LogP contribution is 2.26. The van der Waals surface area contributed by atoms with E-state index in [1.54, 1.807) is 6.07 Å². The molecule has 6 nitrogen and oxygen atoms in total. The summed E-state index contributed by atoms with van der Waals surface area (Å²) in [5.74, 6) is 0. The maximum Gasteiger partial charge on any atom is 0.287 e. The highest BCUT2D eigenvalue weighted by atomic mass is 16.6. The van der Waals surface area contributed by atoms with Crippen molar-refractivity contribution in [2.45, 2.75) is 44.9 Å². The zero-order valence-electron chi connectivity index (χ0n) is 11.5. The van der Waals surface area contributed by atoms with E-state index in [1.807, 2.05) is 19.9 Å². The second-order valence-electron chi connectivity index (χ2n) is 5.17. The summed E-state index contributed by atoms with van der Waals surface area (Å²) >= 11 is 0. The molecule has 2 rings (SSSR count). The van der Waals surface area contributed by atoms with Crippen LogP contribution in [0.2, 0.25) is 0 Å². The molecule has 1 saturated heterocycles. The average Bonchev–Trinajstić information content (AvgIpc) is 2.37. The molecule has 0 bridgehead atoms. The first-order chi connectivity index (χ1) is 9.49. The Morgan fingerprint density at radius 1 is 1.40 bits per heavy atom. The predicted octanol–water partition coefficient (Wildman–Crippen LogP) is 2.83. The smallest absolute Gasteiger partial charge is 0.287 e. The Morgan fingerprint density at radius 2 is 2.05 bits per heavy atom.